The SMILES string of the molecule is CCN1CC(n2c(=O)[nH]c3cccnc32)C1. The van der Waals surface area contributed by atoms with Gasteiger partial charge in [0.1, 0.15) is 0 Å². The standard InChI is InChI=1S/C11H14N4O/c1-2-14-6-8(7-14)15-10-9(13-11(15)16)4-3-5-12-10/h3-5,8H,2,6-7H2,1H3,(H,13,16). The van der Waals surface area contributed by atoms with Gasteiger partial charge in [0, 0.05) is 19.3 Å². The molecule has 5 heteroatoms. The van der Waals surface area contributed by atoms with Crippen molar-refractivity contribution in [1.82, 2.24) is 19.4 Å². The molecule has 0 aliphatic carbocycles. The van der Waals surface area contributed by atoms with Crippen molar-refractivity contribution in [1.29, 1.82) is 0 Å². The molecule has 0 saturated carbocycles. The van der Waals surface area contributed by atoms with Crippen molar-refractivity contribution in [3.05, 3.63) is 28.8 Å². The van der Waals surface area contributed by atoms with Gasteiger partial charge in [-0.1, -0.05) is 6.92 Å². The number of likely N-dealkylation sites (tertiary alicyclic amines) is 1. The first-order valence-corrected chi connectivity index (χ1v) is 5.57. The van der Waals surface area contributed by atoms with Crippen molar-refractivity contribution >= 4 is 11.2 Å². The Hall–Kier alpha value is -1.62. The lowest BCUT2D eigenvalue weighted by Gasteiger charge is -2.38. The lowest BCUT2D eigenvalue weighted by Crippen LogP contribution is -2.49. The number of nitrogens with one attached hydrogen (secondary N) is 1. The number of hydrogen-bond acceptors (Lipinski definition) is 3. The summed E-state index contributed by atoms with van der Waals surface area (Å²) in [6.07, 6.45) is 1.72. The van der Waals surface area contributed by atoms with Crippen LogP contribution in [-0.2, 0) is 0 Å². The number of pyridine rings is 1. The zero-order chi connectivity index (χ0) is 11.1. The highest BCUT2D eigenvalue weighted by atomic mass is 16.1. The number of likely N-dealkylation sites (N-methyl/N-ethyl adjacent to an activating group) is 1. The summed E-state index contributed by atoms with van der Waals surface area (Å²) in [6, 6.07) is 3.99. The third-order valence-electron chi connectivity index (χ3n) is 3.23. The van der Waals surface area contributed by atoms with Gasteiger partial charge in [0.15, 0.2) is 5.65 Å². The van der Waals surface area contributed by atoms with E-state index in [2.05, 4.69) is 21.8 Å². The highest BCUT2D eigenvalue weighted by molar-refractivity contribution is 5.70. The van der Waals surface area contributed by atoms with Gasteiger partial charge in [-0.15, -0.1) is 0 Å². The molecule has 16 heavy (non-hydrogen) atoms. The molecule has 84 valence electrons. The second-order valence-electron chi connectivity index (χ2n) is 4.18. The van der Waals surface area contributed by atoms with Crippen molar-refractivity contribution in [3.63, 3.8) is 0 Å². The van der Waals surface area contributed by atoms with Crippen LogP contribution in [0.1, 0.15) is 13.0 Å². The monoisotopic (exact) mass is 218 g/mol. The highest BCUT2D eigenvalue weighted by Gasteiger charge is 2.29. The van der Waals surface area contributed by atoms with Crippen LogP contribution in [0, 0.1) is 0 Å². The first-order chi connectivity index (χ1) is 7.79. The van der Waals surface area contributed by atoms with Gasteiger partial charge in [0.2, 0.25) is 0 Å². The number of hydrogen-bond donors (Lipinski definition) is 1. The third-order valence-corrected chi connectivity index (χ3v) is 3.23. The van der Waals surface area contributed by atoms with Crippen molar-refractivity contribution in [2.45, 2.75) is 13.0 Å². The average molecular weight is 218 g/mol. The van der Waals surface area contributed by atoms with Gasteiger partial charge in [0.05, 0.1) is 11.6 Å². The summed E-state index contributed by atoms with van der Waals surface area (Å²) in [5.41, 5.74) is 1.55. The molecule has 1 aliphatic rings. The van der Waals surface area contributed by atoms with E-state index in [9.17, 15) is 4.79 Å². The molecule has 1 saturated heterocycles. The fourth-order valence-corrected chi connectivity index (χ4v) is 2.26. The maximum Gasteiger partial charge on any atom is 0.328 e. The quantitative estimate of drug-likeness (QED) is 0.803. The number of nitrogens with zero attached hydrogens (tertiary/aromatic N) is 3. The maximum atomic E-state index is 11.8. The minimum atomic E-state index is -0.0468. The highest BCUT2D eigenvalue weighted by Crippen LogP contribution is 2.21. The Morgan fingerprint density at radius 3 is 3.12 bits per heavy atom. The first kappa shape index (κ1) is 9.59. The Balaban J connectivity index is 2.04. The van der Waals surface area contributed by atoms with E-state index in [1.54, 1.807) is 10.8 Å². The fraction of sp³-hybridized carbons (Fsp3) is 0.455. The molecule has 5 nitrogen and oxygen atoms in total. The van der Waals surface area contributed by atoms with Crippen LogP contribution in [-0.4, -0.2) is 39.1 Å². The zero-order valence-corrected chi connectivity index (χ0v) is 9.18. The van der Waals surface area contributed by atoms with E-state index in [-0.39, 0.29) is 11.7 Å². The number of fused-ring (bicyclic) bond motifs is 1. The predicted octanol–water partition coefficient (Wildman–Crippen LogP) is 0.601. The van der Waals surface area contributed by atoms with Crippen molar-refractivity contribution in [2.24, 2.45) is 0 Å². The second-order valence-corrected chi connectivity index (χ2v) is 4.18. The topological polar surface area (TPSA) is 53.9 Å². The lowest BCUT2D eigenvalue weighted by atomic mass is 10.1. The Bertz CT molecular complexity index is 565. The molecule has 0 bridgehead atoms. The molecule has 0 aromatic carbocycles. The van der Waals surface area contributed by atoms with E-state index in [1.165, 1.54) is 0 Å². The van der Waals surface area contributed by atoms with Crippen LogP contribution in [0.25, 0.3) is 11.2 Å². The van der Waals surface area contributed by atoms with Gasteiger partial charge < -0.3 is 4.98 Å². The number of aromatic nitrogens is 3. The molecule has 2 aromatic rings. The maximum absolute atomic E-state index is 11.8. The average Bonchev–Trinajstić information content (AvgIpc) is 2.54. The van der Waals surface area contributed by atoms with Gasteiger partial charge in [-0.05, 0) is 18.7 Å². The van der Waals surface area contributed by atoms with Crippen LogP contribution in [0.4, 0.5) is 0 Å². The first-order valence-electron chi connectivity index (χ1n) is 5.57. The Kier molecular flexibility index (Phi) is 2.07. The van der Waals surface area contributed by atoms with Gasteiger partial charge in [-0.3, -0.25) is 9.47 Å². The normalized spacial score (nSPS) is 17.8. The number of imidazole rings is 1. The van der Waals surface area contributed by atoms with E-state index in [1.807, 2.05) is 12.1 Å². The summed E-state index contributed by atoms with van der Waals surface area (Å²) in [5, 5.41) is 0. The molecule has 0 spiro atoms. The van der Waals surface area contributed by atoms with Crippen molar-refractivity contribution in [3.8, 4) is 0 Å². The van der Waals surface area contributed by atoms with Crippen LogP contribution in [0.15, 0.2) is 23.1 Å². The molecule has 0 unspecified atom stereocenters. The lowest BCUT2D eigenvalue weighted by molar-refractivity contribution is 0.114. The van der Waals surface area contributed by atoms with Gasteiger partial charge >= 0.3 is 5.69 Å². The van der Waals surface area contributed by atoms with E-state index in [0.29, 0.717) is 0 Å². The van der Waals surface area contributed by atoms with Gasteiger partial charge in [-0.25, -0.2) is 9.78 Å². The number of H-pyrrole nitrogens is 1. The Morgan fingerprint density at radius 1 is 1.56 bits per heavy atom. The molecule has 0 radical (unpaired) electrons. The predicted molar refractivity (Wildman–Crippen MR) is 61.5 cm³/mol. The molecular weight excluding hydrogens is 204 g/mol. The zero-order valence-electron chi connectivity index (χ0n) is 9.18. The Labute approximate surface area is 92.7 Å². The van der Waals surface area contributed by atoms with Crippen molar-refractivity contribution in [2.75, 3.05) is 19.6 Å². The van der Waals surface area contributed by atoms with Crippen molar-refractivity contribution < 1.29 is 0 Å². The summed E-state index contributed by atoms with van der Waals surface area (Å²) < 4.78 is 1.78. The van der Waals surface area contributed by atoms with Crippen LogP contribution < -0.4 is 5.69 Å². The smallest absolute Gasteiger partial charge is 0.304 e. The molecule has 2 aromatic heterocycles. The van der Waals surface area contributed by atoms with E-state index in [0.717, 1.165) is 30.8 Å². The van der Waals surface area contributed by atoms with E-state index < -0.39 is 0 Å². The number of rotatable bonds is 2. The molecule has 1 aliphatic heterocycles. The summed E-state index contributed by atoms with van der Waals surface area (Å²) in [5.74, 6) is 0. The third kappa shape index (κ3) is 1.28. The second kappa shape index (κ2) is 3.45. The minimum absolute atomic E-state index is 0.0468. The molecule has 1 N–H and O–H groups in total. The summed E-state index contributed by atoms with van der Waals surface area (Å²) in [4.78, 5) is 21.2. The van der Waals surface area contributed by atoms with E-state index in [4.69, 9.17) is 0 Å². The summed E-state index contributed by atoms with van der Waals surface area (Å²) in [6.45, 7) is 5.06. The van der Waals surface area contributed by atoms with E-state index >= 15 is 0 Å². The van der Waals surface area contributed by atoms with Crippen LogP contribution in [0.2, 0.25) is 0 Å². The molecule has 3 rings (SSSR count). The van der Waals surface area contributed by atoms with Crippen LogP contribution in [0.5, 0.6) is 0 Å². The molecule has 1 fully saturated rings. The molecule has 0 atom stereocenters. The van der Waals surface area contributed by atoms with Gasteiger partial charge in [-0.2, -0.15) is 0 Å². The number of aromatic amines is 1. The molecule has 0 amide bonds. The molecular formula is C11H14N4O. The fourth-order valence-electron chi connectivity index (χ4n) is 2.26. The molecule has 3 heterocycles. The minimum Gasteiger partial charge on any atom is -0.304 e. The van der Waals surface area contributed by atoms with Gasteiger partial charge in [0.25, 0.3) is 0 Å². The summed E-state index contributed by atoms with van der Waals surface area (Å²) in [7, 11) is 0. The van der Waals surface area contributed by atoms with Crippen LogP contribution in [0.3, 0.4) is 0 Å². The largest absolute Gasteiger partial charge is 0.328 e. The Morgan fingerprint density at radius 2 is 2.38 bits per heavy atom. The summed E-state index contributed by atoms with van der Waals surface area (Å²) >= 11 is 0. The van der Waals surface area contributed by atoms with Crippen LogP contribution >= 0.6 is 0 Å².